The van der Waals surface area contributed by atoms with E-state index in [0.717, 1.165) is 11.3 Å². The molecule has 5 nitrogen and oxygen atoms in total. The van der Waals surface area contributed by atoms with Crippen LogP contribution >= 0.6 is 34.6 Å². The van der Waals surface area contributed by atoms with Crippen molar-refractivity contribution in [3.05, 3.63) is 59.7 Å². The summed E-state index contributed by atoms with van der Waals surface area (Å²) in [6.45, 7) is 9.46. The number of halogens is 2. The summed E-state index contributed by atoms with van der Waals surface area (Å²) in [5.74, 6) is 1.66. The summed E-state index contributed by atoms with van der Waals surface area (Å²) in [4.78, 5) is 0. The van der Waals surface area contributed by atoms with Crippen LogP contribution in [0.5, 0.6) is 11.5 Å². The smallest absolute Gasteiger partial charge is 0.127 e. The van der Waals surface area contributed by atoms with Crippen LogP contribution in [0.15, 0.2) is 48.5 Å². The molecule has 0 heterocycles. The standard InChI is InChI=1S/C24H32ClIO5/c1-17(2)28-15-23(31-26)16-30-22-11-7-19(8-12-22)24(3,4)18-5-9-21(10-6-18)29-14-20(27)13-25/h5-12,17,20,23,27H,13-16H2,1-4H3/t20-,23+/m1/s1. The van der Waals surface area contributed by atoms with E-state index >= 15 is 0 Å². The highest BCUT2D eigenvalue weighted by Gasteiger charge is 2.23. The Hall–Kier alpha value is -1.06. The minimum atomic E-state index is -0.667. The van der Waals surface area contributed by atoms with Gasteiger partial charge in [0.2, 0.25) is 0 Å². The van der Waals surface area contributed by atoms with Crippen molar-refractivity contribution in [1.82, 2.24) is 0 Å². The first-order valence-corrected chi connectivity index (χ1v) is 11.8. The van der Waals surface area contributed by atoms with Crippen LogP contribution in [-0.2, 0) is 13.2 Å². The van der Waals surface area contributed by atoms with Gasteiger partial charge in [0.05, 0.1) is 18.6 Å². The van der Waals surface area contributed by atoms with Gasteiger partial charge in [0, 0.05) is 5.41 Å². The molecule has 0 spiro atoms. The monoisotopic (exact) mass is 562 g/mol. The summed E-state index contributed by atoms with van der Waals surface area (Å²) in [6.07, 6.45) is -0.626. The number of benzene rings is 2. The molecule has 31 heavy (non-hydrogen) atoms. The van der Waals surface area contributed by atoms with Crippen molar-refractivity contribution in [3.8, 4) is 11.5 Å². The summed E-state index contributed by atoms with van der Waals surface area (Å²) >= 11 is 7.49. The predicted molar refractivity (Wildman–Crippen MR) is 133 cm³/mol. The van der Waals surface area contributed by atoms with Gasteiger partial charge in [-0.2, -0.15) is 0 Å². The zero-order chi connectivity index (χ0) is 22.9. The number of hydrogen-bond donors (Lipinski definition) is 1. The van der Waals surface area contributed by atoms with Crippen LogP contribution < -0.4 is 9.47 Å². The van der Waals surface area contributed by atoms with Gasteiger partial charge in [0.1, 0.15) is 59.9 Å². The third-order valence-electron chi connectivity index (χ3n) is 4.95. The lowest BCUT2D eigenvalue weighted by Gasteiger charge is -2.26. The highest BCUT2D eigenvalue weighted by atomic mass is 127. The first kappa shape index (κ1) is 26.2. The summed E-state index contributed by atoms with van der Waals surface area (Å²) in [6, 6.07) is 16.1. The molecule has 1 N–H and O–H groups in total. The van der Waals surface area contributed by atoms with Gasteiger partial charge >= 0.3 is 0 Å². The van der Waals surface area contributed by atoms with Crippen LogP contribution in [0.25, 0.3) is 0 Å². The highest BCUT2D eigenvalue weighted by Crippen LogP contribution is 2.33. The lowest BCUT2D eigenvalue weighted by Crippen LogP contribution is -2.26. The second-order valence-electron chi connectivity index (χ2n) is 8.20. The SMILES string of the molecule is CC(C)OC[C@@H](COc1ccc(C(C)(C)c2ccc(OC[C@H](O)CCl)cc2)cc1)OI. The maximum atomic E-state index is 9.52. The van der Waals surface area contributed by atoms with E-state index in [0.29, 0.717) is 19.0 Å². The van der Waals surface area contributed by atoms with E-state index in [9.17, 15) is 5.11 Å². The van der Waals surface area contributed by atoms with E-state index in [2.05, 4.69) is 26.0 Å². The second-order valence-corrected chi connectivity index (χ2v) is 9.01. The first-order chi connectivity index (χ1) is 14.8. The normalized spacial score (nSPS) is 13.8. The van der Waals surface area contributed by atoms with Gasteiger partial charge in [-0.05, 0) is 49.2 Å². The Morgan fingerprint density at radius 3 is 1.77 bits per heavy atom. The fourth-order valence-electron chi connectivity index (χ4n) is 2.93. The molecular weight excluding hydrogens is 531 g/mol. The number of hydrogen-bond acceptors (Lipinski definition) is 5. The van der Waals surface area contributed by atoms with Gasteiger partial charge < -0.3 is 22.4 Å². The molecule has 2 atom stereocenters. The Bertz CT molecular complexity index is 765. The molecule has 0 aromatic heterocycles. The van der Waals surface area contributed by atoms with Crippen LogP contribution in [0.4, 0.5) is 0 Å². The third kappa shape index (κ3) is 8.42. The molecule has 172 valence electrons. The van der Waals surface area contributed by atoms with Gasteiger partial charge in [-0.1, -0.05) is 38.1 Å². The molecule has 0 saturated heterocycles. The van der Waals surface area contributed by atoms with Crippen LogP contribution in [0, 0.1) is 0 Å². The molecule has 0 fully saturated rings. The Kier molecular flexibility index (Phi) is 10.9. The predicted octanol–water partition coefficient (Wildman–Crippen LogP) is 5.53. The van der Waals surface area contributed by atoms with E-state index < -0.39 is 6.10 Å². The van der Waals surface area contributed by atoms with E-state index in [1.807, 2.05) is 73.3 Å². The fourth-order valence-corrected chi connectivity index (χ4v) is 3.31. The minimum Gasteiger partial charge on any atom is -0.491 e. The Morgan fingerprint density at radius 1 is 0.871 bits per heavy atom. The lowest BCUT2D eigenvalue weighted by molar-refractivity contribution is 0.0146. The molecule has 0 radical (unpaired) electrons. The zero-order valence-corrected chi connectivity index (χ0v) is 21.4. The highest BCUT2D eigenvalue weighted by molar-refractivity contribution is 14.1. The summed E-state index contributed by atoms with van der Waals surface area (Å²) in [5, 5.41) is 9.52. The number of ether oxygens (including phenoxy) is 3. The largest absolute Gasteiger partial charge is 0.491 e. The Morgan fingerprint density at radius 2 is 1.35 bits per heavy atom. The fraction of sp³-hybridized carbons (Fsp3) is 0.500. The van der Waals surface area contributed by atoms with E-state index in [-0.39, 0.29) is 30.1 Å². The van der Waals surface area contributed by atoms with Crippen molar-refractivity contribution in [2.75, 3.05) is 25.7 Å². The molecule has 2 rings (SSSR count). The average molecular weight is 563 g/mol. The number of alkyl halides is 1. The topological polar surface area (TPSA) is 57.2 Å². The molecule has 0 bridgehead atoms. The number of aliphatic hydroxyl groups excluding tert-OH is 1. The van der Waals surface area contributed by atoms with Crippen LogP contribution in [0.1, 0.15) is 38.8 Å². The van der Waals surface area contributed by atoms with Crippen LogP contribution in [0.2, 0.25) is 0 Å². The molecule has 0 aliphatic rings. The molecule has 0 aliphatic heterocycles. The summed E-state index contributed by atoms with van der Waals surface area (Å²) in [5.41, 5.74) is 2.15. The maximum absolute atomic E-state index is 9.52. The summed E-state index contributed by atoms with van der Waals surface area (Å²) < 4.78 is 22.4. The summed E-state index contributed by atoms with van der Waals surface area (Å²) in [7, 11) is 0. The second kappa shape index (κ2) is 12.8. The number of rotatable bonds is 13. The van der Waals surface area contributed by atoms with Crippen molar-refractivity contribution in [2.45, 2.75) is 51.4 Å². The molecule has 0 unspecified atom stereocenters. The zero-order valence-electron chi connectivity index (χ0n) is 18.5. The molecule has 2 aromatic carbocycles. The first-order valence-electron chi connectivity index (χ1n) is 10.4. The van der Waals surface area contributed by atoms with E-state index in [4.69, 9.17) is 28.9 Å². The molecule has 2 aromatic rings. The lowest BCUT2D eigenvalue weighted by atomic mass is 9.78. The van der Waals surface area contributed by atoms with Crippen LogP contribution in [0.3, 0.4) is 0 Å². The van der Waals surface area contributed by atoms with Gasteiger partial charge in [-0.3, -0.25) is 0 Å². The van der Waals surface area contributed by atoms with Gasteiger partial charge in [-0.25, -0.2) is 0 Å². The average Bonchev–Trinajstić information content (AvgIpc) is 2.78. The molecule has 7 heteroatoms. The van der Waals surface area contributed by atoms with Gasteiger partial charge in [-0.15, -0.1) is 11.6 Å². The van der Waals surface area contributed by atoms with Crippen molar-refractivity contribution in [3.63, 3.8) is 0 Å². The minimum absolute atomic E-state index is 0.120. The van der Waals surface area contributed by atoms with Crippen LogP contribution in [-0.4, -0.2) is 49.1 Å². The maximum Gasteiger partial charge on any atom is 0.127 e. The van der Waals surface area contributed by atoms with E-state index in [1.165, 1.54) is 5.56 Å². The molecule has 0 amide bonds. The Balaban J connectivity index is 1.97. The van der Waals surface area contributed by atoms with Crippen molar-refractivity contribution >= 4 is 34.6 Å². The molecular formula is C24H32ClIO5. The quantitative estimate of drug-likeness (QED) is 0.257. The van der Waals surface area contributed by atoms with Crippen molar-refractivity contribution < 1.29 is 22.4 Å². The third-order valence-corrected chi connectivity index (χ3v) is 6.03. The van der Waals surface area contributed by atoms with E-state index in [1.54, 1.807) is 0 Å². The number of aliphatic hydroxyl groups is 1. The molecule has 0 saturated carbocycles. The van der Waals surface area contributed by atoms with Gasteiger partial charge in [0.25, 0.3) is 0 Å². The van der Waals surface area contributed by atoms with Crippen molar-refractivity contribution in [1.29, 1.82) is 0 Å². The van der Waals surface area contributed by atoms with Gasteiger partial charge in [0.15, 0.2) is 0 Å². The molecule has 0 aliphatic carbocycles. The van der Waals surface area contributed by atoms with Crippen molar-refractivity contribution in [2.24, 2.45) is 0 Å². The Labute approximate surface area is 204 Å².